The van der Waals surface area contributed by atoms with Gasteiger partial charge in [0.05, 0.1) is 18.2 Å². The van der Waals surface area contributed by atoms with Crippen LogP contribution in [0.3, 0.4) is 0 Å². The summed E-state index contributed by atoms with van der Waals surface area (Å²) in [5, 5.41) is 2.09. The van der Waals surface area contributed by atoms with Crippen LogP contribution >= 0.6 is 0 Å². The minimum atomic E-state index is -5.03. The van der Waals surface area contributed by atoms with Crippen molar-refractivity contribution in [3.63, 3.8) is 0 Å². The molecule has 1 atom stereocenters. The maximum Gasteiger partial charge on any atom is 0.416 e. The molecule has 1 unspecified atom stereocenters. The van der Waals surface area contributed by atoms with Crippen LogP contribution in [0, 0.1) is 0 Å². The molecule has 1 aromatic carbocycles. The van der Waals surface area contributed by atoms with Gasteiger partial charge in [-0.15, -0.1) is 0 Å². The van der Waals surface area contributed by atoms with Gasteiger partial charge in [-0.1, -0.05) is 0 Å². The lowest BCUT2D eigenvalue weighted by molar-refractivity contribution is -0.143. The van der Waals surface area contributed by atoms with Crippen LogP contribution < -0.4 is 5.32 Å². The van der Waals surface area contributed by atoms with Crippen LogP contribution in [0.2, 0.25) is 0 Å². The van der Waals surface area contributed by atoms with E-state index in [-0.39, 0.29) is 6.07 Å². The Labute approximate surface area is 157 Å². The van der Waals surface area contributed by atoms with Gasteiger partial charge in [-0.05, 0) is 44.5 Å². The number of benzene rings is 1. The van der Waals surface area contributed by atoms with Crippen molar-refractivity contribution in [2.24, 2.45) is 0 Å². The Kier molecular flexibility index (Phi) is 6.97. The van der Waals surface area contributed by atoms with Gasteiger partial charge >= 0.3 is 24.4 Å². The normalized spacial score (nSPS) is 13.6. The minimum Gasteiger partial charge on any atom is -0.467 e. The molecule has 11 heteroatoms. The van der Waals surface area contributed by atoms with Crippen LogP contribution in [0.1, 0.15) is 37.5 Å². The number of ether oxygens (including phenoxy) is 2. The minimum absolute atomic E-state index is 0.0298. The van der Waals surface area contributed by atoms with Crippen LogP contribution in [0.5, 0.6) is 0 Å². The summed E-state index contributed by atoms with van der Waals surface area (Å²) in [4.78, 5) is 23.7. The lowest BCUT2D eigenvalue weighted by Crippen LogP contribution is -2.45. The second-order valence-electron chi connectivity index (χ2n) is 6.84. The summed E-state index contributed by atoms with van der Waals surface area (Å²) in [6.07, 6.45) is -11.8. The molecular formula is C17H19F6NO4. The van der Waals surface area contributed by atoms with Gasteiger partial charge in [0.1, 0.15) is 11.6 Å². The molecule has 158 valence electrons. The van der Waals surface area contributed by atoms with Gasteiger partial charge in [-0.2, -0.15) is 26.3 Å². The van der Waals surface area contributed by atoms with Gasteiger partial charge in [-0.25, -0.2) is 9.59 Å². The fraction of sp³-hybridized carbons (Fsp3) is 0.529. The quantitative estimate of drug-likeness (QED) is 0.587. The van der Waals surface area contributed by atoms with Crippen molar-refractivity contribution in [2.75, 3.05) is 7.11 Å². The molecule has 0 saturated carbocycles. The zero-order valence-electron chi connectivity index (χ0n) is 15.4. The Morgan fingerprint density at radius 1 is 0.964 bits per heavy atom. The van der Waals surface area contributed by atoms with E-state index >= 15 is 0 Å². The fourth-order valence-electron chi connectivity index (χ4n) is 2.16. The van der Waals surface area contributed by atoms with Crippen LogP contribution in [-0.2, 0) is 33.0 Å². The number of alkyl carbamates (subject to hydrolysis) is 1. The molecule has 1 N–H and O–H groups in total. The van der Waals surface area contributed by atoms with Gasteiger partial charge in [0.15, 0.2) is 0 Å². The summed E-state index contributed by atoms with van der Waals surface area (Å²) in [6.45, 7) is 4.59. The summed E-state index contributed by atoms with van der Waals surface area (Å²) in [6, 6.07) is -0.633. The first kappa shape index (κ1) is 23.6. The molecule has 0 aliphatic rings. The topological polar surface area (TPSA) is 64.6 Å². The molecule has 0 aliphatic carbocycles. The van der Waals surface area contributed by atoms with E-state index in [0.29, 0.717) is 12.1 Å². The molecule has 28 heavy (non-hydrogen) atoms. The van der Waals surface area contributed by atoms with Gasteiger partial charge in [0.25, 0.3) is 0 Å². The van der Waals surface area contributed by atoms with Gasteiger partial charge in [0.2, 0.25) is 0 Å². The van der Waals surface area contributed by atoms with Crippen molar-refractivity contribution in [2.45, 2.75) is 51.2 Å². The highest BCUT2D eigenvalue weighted by atomic mass is 19.4. The van der Waals surface area contributed by atoms with Crippen molar-refractivity contribution in [1.82, 2.24) is 5.32 Å². The number of amides is 1. The van der Waals surface area contributed by atoms with E-state index in [4.69, 9.17) is 4.74 Å². The summed E-state index contributed by atoms with van der Waals surface area (Å²) >= 11 is 0. The van der Waals surface area contributed by atoms with Crippen molar-refractivity contribution < 1.29 is 45.4 Å². The first-order valence-corrected chi connectivity index (χ1v) is 7.88. The summed E-state index contributed by atoms with van der Waals surface area (Å²) < 4.78 is 87.1. The number of esters is 1. The van der Waals surface area contributed by atoms with Crippen molar-refractivity contribution >= 4 is 12.1 Å². The van der Waals surface area contributed by atoms with Crippen molar-refractivity contribution in [3.8, 4) is 0 Å². The molecule has 1 aromatic rings. The van der Waals surface area contributed by atoms with E-state index in [1.165, 1.54) is 20.8 Å². The predicted octanol–water partition coefficient (Wildman–Crippen LogP) is 4.33. The number of methoxy groups -OCH3 is 1. The van der Waals surface area contributed by atoms with E-state index in [0.717, 1.165) is 7.11 Å². The highest BCUT2D eigenvalue weighted by molar-refractivity contribution is 5.81. The van der Waals surface area contributed by atoms with Crippen LogP contribution in [0.4, 0.5) is 31.1 Å². The third-order valence-electron chi connectivity index (χ3n) is 3.26. The molecule has 0 bridgehead atoms. The first-order chi connectivity index (χ1) is 12.5. The second kappa shape index (κ2) is 8.27. The largest absolute Gasteiger partial charge is 0.467 e. The number of carbonyl (C=O) groups is 2. The zero-order valence-corrected chi connectivity index (χ0v) is 15.4. The monoisotopic (exact) mass is 415 g/mol. The molecule has 0 aromatic heterocycles. The molecule has 5 nitrogen and oxygen atoms in total. The Morgan fingerprint density at radius 2 is 1.43 bits per heavy atom. The van der Waals surface area contributed by atoms with Gasteiger partial charge in [-0.3, -0.25) is 0 Å². The van der Waals surface area contributed by atoms with E-state index in [1.54, 1.807) is 0 Å². The number of carbonyl (C=O) groups excluding carboxylic acids is 2. The SMILES string of the molecule is COC(=O)C(Cc1cc(C(F)(F)F)cc(C(F)(F)F)c1)NC(=O)OC(C)(C)C. The number of halogens is 6. The molecule has 1 amide bonds. The maximum absolute atomic E-state index is 12.9. The average molecular weight is 415 g/mol. The zero-order chi connectivity index (χ0) is 21.9. The van der Waals surface area contributed by atoms with Gasteiger partial charge < -0.3 is 14.8 Å². The molecule has 0 heterocycles. The number of rotatable bonds is 4. The molecule has 0 radical (unpaired) electrons. The molecule has 0 fully saturated rings. The molecule has 0 saturated heterocycles. The molecule has 0 aliphatic heterocycles. The second-order valence-corrected chi connectivity index (χ2v) is 6.84. The fourth-order valence-corrected chi connectivity index (χ4v) is 2.16. The first-order valence-electron chi connectivity index (χ1n) is 7.88. The van der Waals surface area contributed by atoms with Gasteiger partial charge in [0, 0.05) is 6.42 Å². The highest BCUT2D eigenvalue weighted by Crippen LogP contribution is 2.36. The summed E-state index contributed by atoms with van der Waals surface area (Å²) in [5.41, 5.74) is -4.46. The number of alkyl halides is 6. The lowest BCUT2D eigenvalue weighted by Gasteiger charge is -2.23. The third kappa shape index (κ3) is 7.28. The lowest BCUT2D eigenvalue weighted by atomic mass is 9.99. The smallest absolute Gasteiger partial charge is 0.416 e. The van der Waals surface area contributed by atoms with Crippen LogP contribution in [-0.4, -0.2) is 30.8 Å². The standard InChI is InChI=1S/C17H19F6NO4/c1-15(2,3)28-14(26)24-12(13(25)27-4)7-9-5-10(16(18,19)20)8-11(6-9)17(21,22)23/h5-6,8,12H,7H2,1-4H3,(H,24,26). The van der Waals surface area contributed by atoms with Crippen molar-refractivity contribution in [1.29, 1.82) is 0 Å². The molecule has 1 rings (SSSR count). The number of hydrogen-bond donors (Lipinski definition) is 1. The Hall–Kier alpha value is -2.46. The number of nitrogens with one attached hydrogen (secondary N) is 1. The Bertz CT molecular complexity index is 690. The van der Waals surface area contributed by atoms with Crippen LogP contribution in [0.15, 0.2) is 18.2 Å². The average Bonchev–Trinajstić information content (AvgIpc) is 2.49. The third-order valence-corrected chi connectivity index (χ3v) is 3.26. The predicted molar refractivity (Wildman–Crippen MR) is 85.3 cm³/mol. The van der Waals surface area contributed by atoms with E-state index in [1.807, 2.05) is 0 Å². The Balaban J connectivity index is 3.24. The van der Waals surface area contributed by atoms with Crippen LogP contribution in [0.25, 0.3) is 0 Å². The van der Waals surface area contributed by atoms with E-state index in [2.05, 4.69) is 10.1 Å². The van der Waals surface area contributed by atoms with Crippen molar-refractivity contribution in [3.05, 3.63) is 34.9 Å². The summed E-state index contributed by atoms with van der Waals surface area (Å²) in [7, 11) is 0.958. The maximum atomic E-state index is 12.9. The summed E-state index contributed by atoms with van der Waals surface area (Å²) in [5.74, 6) is -1.06. The molecule has 0 spiro atoms. The molecular weight excluding hydrogens is 396 g/mol. The highest BCUT2D eigenvalue weighted by Gasteiger charge is 2.37. The van der Waals surface area contributed by atoms with E-state index < -0.39 is 59.2 Å². The Morgan fingerprint density at radius 3 is 1.79 bits per heavy atom. The van der Waals surface area contributed by atoms with E-state index in [9.17, 15) is 35.9 Å². The number of hydrogen-bond acceptors (Lipinski definition) is 4.